The molecule has 0 radical (unpaired) electrons. The number of ether oxygens (including phenoxy) is 3. The van der Waals surface area contributed by atoms with Crippen molar-refractivity contribution in [2.24, 2.45) is 0 Å². The third kappa shape index (κ3) is 5.83. The Kier molecular flexibility index (Phi) is 8.96. The Morgan fingerprint density at radius 3 is 2.63 bits per heavy atom. The molecule has 0 fully saturated rings. The lowest BCUT2D eigenvalue weighted by Gasteiger charge is -2.24. The standard InChI is InChI=1S/C30H32N4O5S2/c1-19-8-5-6-9-22(19)34-30-27(28(32-34)24-10-7-15-40-24)29(21-16-20(38-3)11-12-23(21)39-4)41-18-26(36)33(30)17-25(35)31-13-14-37-2/h5-12,15-16,29H,13-14,17-18H2,1-4H3,(H,31,35)/t29-/m1/s1. The lowest BCUT2D eigenvalue weighted by molar-refractivity contribution is -0.123. The number of para-hydroxylation sites is 1. The summed E-state index contributed by atoms with van der Waals surface area (Å²) in [5.41, 5.74) is 4.26. The predicted octanol–water partition coefficient (Wildman–Crippen LogP) is 4.86. The number of hydrogen-bond acceptors (Lipinski definition) is 8. The Morgan fingerprint density at radius 2 is 1.93 bits per heavy atom. The second-order valence-electron chi connectivity index (χ2n) is 9.38. The van der Waals surface area contributed by atoms with Crippen LogP contribution in [0.25, 0.3) is 16.3 Å². The molecule has 11 heteroatoms. The van der Waals surface area contributed by atoms with Gasteiger partial charge in [-0.05, 0) is 48.2 Å². The number of fused-ring (bicyclic) bond motifs is 1. The second-order valence-corrected chi connectivity index (χ2v) is 11.4. The number of aryl methyl sites for hydroxylation is 1. The van der Waals surface area contributed by atoms with Crippen LogP contribution in [0.4, 0.5) is 5.82 Å². The highest BCUT2D eigenvalue weighted by Gasteiger charge is 2.39. The van der Waals surface area contributed by atoms with Crippen molar-refractivity contribution in [3.8, 4) is 27.8 Å². The average Bonchev–Trinajstić information content (AvgIpc) is 3.62. The van der Waals surface area contributed by atoms with Crippen LogP contribution < -0.4 is 19.7 Å². The molecule has 0 spiro atoms. The van der Waals surface area contributed by atoms with Crippen molar-refractivity contribution < 1.29 is 23.8 Å². The topological polar surface area (TPSA) is 94.9 Å². The van der Waals surface area contributed by atoms with Crippen LogP contribution in [0.1, 0.15) is 21.9 Å². The Bertz CT molecular complexity index is 1540. The molecule has 5 rings (SSSR count). The Hall–Kier alpha value is -3.80. The van der Waals surface area contributed by atoms with E-state index in [1.54, 1.807) is 37.6 Å². The van der Waals surface area contributed by atoms with Gasteiger partial charge in [0.05, 0.1) is 42.4 Å². The van der Waals surface area contributed by atoms with Crippen LogP contribution >= 0.6 is 23.1 Å². The summed E-state index contributed by atoms with van der Waals surface area (Å²) in [5, 5.41) is 9.67. The van der Waals surface area contributed by atoms with E-state index in [4.69, 9.17) is 19.3 Å². The van der Waals surface area contributed by atoms with Crippen molar-refractivity contribution in [3.05, 3.63) is 76.7 Å². The molecule has 2 amide bonds. The van der Waals surface area contributed by atoms with E-state index in [1.165, 1.54) is 11.8 Å². The Morgan fingerprint density at radius 1 is 1.10 bits per heavy atom. The van der Waals surface area contributed by atoms with Crippen LogP contribution in [0, 0.1) is 6.92 Å². The van der Waals surface area contributed by atoms with Gasteiger partial charge in [-0.25, -0.2) is 4.68 Å². The zero-order valence-corrected chi connectivity index (χ0v) is 25.0. The number of carbonyl (C=O) groups is 2. The molecule has 1 atom stereocenters. The summed E-state index contributed by atoms with van der Waals surface area (Å²) in [5.74, 6) is 1.61. The van der Waals surface area contributed by atoms with Gasteiger partial charge in [0.15, 0.2) is 0 Å². The molecule has 1 aliphatic heterocycles. The van der Waals surface area contributed by atoms with Crippen LogP contribution in [0.5, 0.6) is 11.5 Å². The fourth-order valence-corrected chi connectivity index (χ4v) is 6.80. The van der Waals surface area contributed by atoms with Crippen molar-refractivity contribution in [1.29, 1.82) is 0 Å². The number of nitrogens with zero attached hydrogens (tertiary/aromatic N) is 3. The van der Waals surface area contributed by atoms with E-state index in [9.17, 15) is 9.59 Å². The minimum Gasteiger partial charge on any atom is -0.497 e. The van der Waals surface area contributed by atoms with E-state index in [2.05, 4.69) is 5.32 Å². The van der Waals surface area contributed by atoms with Gasteiger partial charge in [-0.2, -0.15) is 5.10 Å². The van der Waals surface area contributed by atoms with Crippen LogP contribution in [0.3, 0.4) is 0 Å². The highest BCUT2D eigenvalue weighted by atomic mass is 32.2. The summed E-state index contributed by atoms with van der Waals surface area (Å²) < 4.78 is 18.3. The number of carbonyl (C=O) groups excluding carboxylic acids is 2. The van der Waals surface area contributed by atoms with Gasteiger partial charge in [0.1, 0.15) is 29.6 Å². The van der Waals surface area contributed by atoms with Crippen LogP contribution in [-0.4, -0.2) is 68.4 Å². The third-order valence-corrected chi connectivity index (χ3v) is 8.95. The van der Waals surface area contributed by atoms with Gasteiger partial charge in [0.25, 0.3) is 0 Å². The van der Waals surface area contributed by atoms with Gasteiger partial charge in [-0.1, -0.05) is 24.3 Å². The van der Waals surface area contributed by atoms with Gasteiger partial charge in [-0.15, -0.1) is 23.1 Å². The van der Waals surface area contributed by atoms with Crippen molar-refractivity contribution in [3.63, 3.8) is 0 Å². The monoisotopic (exact) mass is 592 g/mol. The van der Waals surface area contributed by atoms with E-state index in [1.807, 2.05) is 71.6 Å². The number of thioether (sulfide) groups is 1. The molecule has 2 aromatic carbocycles. The maximum absolute atomic E-state index is 13.9. The van der Waals surface area contributed by atoms with E-state index in [-0.39, 0.29) is 29.4 Å². The largest absolute Gasteiger partial charge is 0.497 e. The third-order valence-electron chi connectivity index (χ3n) is 6.84. The highest BCUT2D eigenvalue weighted by Crippen LogP contribution is 2.51. The molecule has 0 unspecified atom stereocenters. The minimum atomic E-state index is -0.338. The molecular formula is C30H32N4O5S2. The lowest BCUT2D eigenvalue weighted by atomic mass is 10.0. The second kappa shape index (κ2) is 12.8. The number of amides is 2. The zero-order chi connectivity index (χ0) is 28.9. The molecule has 3 heterocycles. The fourth-order valence-electron chi connectivity index (χ4n) is 4.87. The molecule has 2 aromatic heterocycles. The molecule has 41 heavy (non-hydrogen) atoms. The maximum Gasteiger partial charge on any atom is 0.240 e. The normalized spacial score (nSPS) is 14.9. The van der Waals surface area contributed by atoms with Crippen molar-refractivity contribution in [2.75, 3.05) is 51.7 Å². The van der Waals surface area contributed by atoms with Crippen LogP contribution in [0.15, 0.2) is 60.0 Å². The number of hydrogen-bond donors (Lipinski definition) is 1. The molecule has 0 aliphatic carbocycles. The van der Waals surface area contributed by atoms with Crippen LogP contribution in [0.2, 0.25) is 0 Å². The molecule has 0 saturated heterocycles. The molecule has 214 valence electrons. The molecule has 4 aromatic rings. The highest BCUT2D eigenvalue weighted by molar-refractivity contribution is 8.00. The SMILES string of the molecule is COCCNC(=O)CN1C(=O)CS[C@H](c2cc(OC)ccc2OC)c2c(-c3cccs3)nn(-c3ccccc3C)c21. The Balaban J connectivity index is 1.78. The number of aromatic nitrogens is 2. The van der Waals surface area contributed by atoms with E-state index in [0.717, 1.165) is 32.9 Å². The first-order chi connectivity index (χ1) is 20.0. The number of benzene rings is 2. The zero-order valence-electron chi connectivity index (χ0n) is 23.4. The predicted molar refractivity (Wildman–Crippen MR) is 163 cm³/mol. The molecular weight excluding hydrogens is 560 g/mol. The maximum atomic E-state index is 13.9. The molecule has 0 saturated carbocycles. The number of methoxy groups -OCH3 is 3. The first-order valence-corrected chi connectivity index (χ1v) is 15.0. The van der Waals surface area contributed by atoms with Crippen molar-refractivity contribution in [1.82, 2.24) is 15.1 Å². The number of rotatable bonds is 10. The summed E-state index contributed by atoms with van der Waals surface area (Å²) >= 11 is 3.06. The van der Waals surface area contributed by atoms with Gasteiger partial charge < -0.3 is 19.5 Å². The fraction of sp³-hybridized carbons (Fsp3) is 0.300. The Labute approximate surface area is 247 Å². The van der Waals surface area contributed by atoms with Crippen LogP contribution in [-0.2, 0) is 14.3 Å². The van der Waals surface area contributed by atoms with Gasteiger partial charge >= 0.3 is 0 Å². The molecule has 1 aliphatic rings. The summed E-state index contributed by atoms with van der Waals surface area (Å²) in [6.07, 6.45) is 0. The lowest BCUT2D eigenvalue weighted by Crippen LogP contribution is -2.43. The van der Waals surface area contributed by atoms with Gasteiger partial charge in [0.2, 0.25) is 11.8 Å². The summed E-state index contributed by atoms with van der Waals surface area (Å²) in [7, 11) is 4.83. The van der Waals surface area contributed by atoms with E-state index >= 15 is 0 Å². The first-order valence-electron chi connectivity index (χ1n) is 13.1. The number of nitrogens with one attached hydrogen (secondary N) is 1. The molecule has 0 bridgehead atoms. The smallest absolute Gasteiger partial charge is 0.240 e. The van der Waals surface area contributed by atoms with E-state index < -0.39 is 0 Å². The number of thiophene rings is 1. The summed E-state index contributed by atoms with van der Waals surface area (Å²) in [6, 6.07) is 17.6. The van der Waals surface area contributed by atoms with E-state index in [0.29, 0.717) is 30.5 Å². The minimum absolute atomic E-state index is 0.153. The average molecular weight is 593 g/mol. The summed E-state index contributed by atoms with van der Waals surface area (Å²) in [4.78, 5) is 29.5. The van der Waals surface area contributed by atoms with Gasteiger partial charge in [-0.3, -0.25) is 14.5 Å². The molecule has 9 nitrogen and oxygen atoms in total. The number of anilines is 1. The molecule has 1 N–H and O–H groups in total. The van der Waals surface area contributed by atoms with Crippen molar-refractivity contribution >= 4 is 40.7 Å². The van der Waals surface area contributed by atoms with Gasteiger partial charge in [0, 0.05) is 24.8 Å². The quantitative estimate of drug-likeness (QED) is 0.263. The first kappa shape index (κ1) is 28.7. The summed E-state index contributed by atoms with van der Waals surface area (Å²) in [6.45, 7) is 2.58. The van der Waals surface area contributed by atoms with Crippen molar-refractivity contribution in [2.45, 2.75) is 12.2 Å².